The molecule has 3 rings (SSSR count). The van der Waals surface area contributed by atoms with Crippen LogP contribution in [0.25, 0.3) is 22.4 Å². The van der Waals surface area contributed by atoms with Crippen LogP contribution in [-0.4, -0.2) is 9.97 Å². The SMILES string of the molecule is Cc1cc(C)c(C)c(-c2cnc3ccc(CC(C)C)nc3[n+]2C)c1. The minimum absolute atomic E-state index is 0.595. The van der Waals surface area contributed by atoms with Crippen LogP contribution in [0.4, 0.5) is 0 Å². The van der Waals surface area contributed by atoms with Crippen LogP contribution < -0.4 is 4.57 Å². The third kappa shape index (κ3) is 3.03. The summed E-state index contributed by atoms with van der Waals surface area (Å²) in [6.45, 7) is 10.9. The van der Waals surface area contributed by atoms with Crippen LogP contribution in [0, 0.1) is 26.7 Å². The van der Waals surface area contributed by atoms with Gasteiger partial charge >= 0.3 is 5.65 Å². The third-order valence-electron chi connectivity index (χ3n) is 4.62. The molecule has 0 atom stereocenters. The topological polar surface area (TPSA) is 29.7 Å². The lowest BCUT2D eigenvalue weighted by atomic mass is 9.98. The standard InChI is InChI=1S/C21H26N3/c1-13(2)9-17-7-8-19-21(23-17)24(6)20(12-22-19)18-11-14(3)10-15(4)16(18)5/h7-8,10-13H,9H2,1-6H3/q+1. The third-order valence-corrected chi connectivity index (χ3v) is 4.62. The molecule has 1 aromatic carbocycles. The summed E-state index contributed by atoms with van der Waals surface area (Å²) < 4.78 is 2.17. The summed E-state index contributed by atoms with van der Waals surface area (Å²) in [6.07, 6.45) is 2.95. The van der Waals surface area contributed by atoms with Gasteiger partial charge in [0.05, 0.1) is 13.2 Å². The molecular weight excluding hydrogens is 294 g/mol. The molecule has 0 aliphatic heterocycles. The second kappa shape index (κ2) is 6.31. The lowest BCUT2D eigenvalue weighted by molar-refractivity contribution is -0.636. The van der Waals surface area contributed by atoms with E-state index in [-0.39, 0.29) is 0 Å². The first kappa shape index (κ1) is 16.6. The number of fused-ring (bicyclic) bond motifs is 1. The molecule has 2 heterocycles. The van der Waals surface area contributed by atoms with E-state index in [1.54, 1.807) is 0 Å². The first-order valence-corrected chi connectivity index (χ1v) is 8.59. The summed E-state index contributed by atoms with van der Waals surface area (Å²) in [4.78, 5) is 9.53. The van der Waals surface area contributed by atoms with Gasteiger partial charge in [-0.15, -0.1) is 0 Å². The van der Waals surface area contributed by atoms with Gasteiger partial charge in [-0.3, -0.25) is 0 Å². The molecule has 0 N–H and O–H groups in total. The number of benzene rings is 1. The van der Waals surface area contributed by atoms with Crippen molar-refractivity contribution in [2.24, 2.45) is 13.0 Å². The first-order chi connectivity index (χ1) is 11.4. The number of aromatic nitrogens is 3. The minimum atomic E-state index is 0.595. The highest BCUT2D eigenvalue weighted by Crippen LogP contribution is 2.25. The maximum Gasteiger partial charge on any atom is 0.349 e. The van der Waals surface area contributed by atoms with Gasteiger partial charge in [0.1, 0.15) is 0 Å². The predicted octanol–water partition coefficient (Wildman–Crippen LogP) is 4.25. The second-order valence-electron chi connectivity index (χ2n) is 7.20. The van der Waals surface area contributed by atoms with Crippen molar-refractivity contribution < 1.29 is 4.57 Å². The molecule has 0 bridgehead atoms. The molecule has 0 aliphatic rings. The average Bonchev–Trinajstić information content (AvgIpc) is 2.51. The molecule has 3 heteroatoms. The number of pyridine rings is 1. The Kier molecular flexibility index (Phi) is 4.35. The Morgan fingerprint density at radius 3 is 2.54 bits per heavy atom. The zero-order chi connectivity index (χ0) is 17.4. The highest BCUT2D eigenvalue weighted by atomic mass is 15.0. The van der Waals surface area contributed by atoms with E-state index in [1.165, 1.54) is 22.3 Å². The normalized spacial score (nSPS) is 11.5. The largest absolute Gasteiger partial charge is 0.349 e. The van der Waals surface area contributed by atoms with E-state index in [0.717, 1.165) is 29.0 Å². The number of aryl methyl sites for hydroxylation is 3. The van der Waals surface area contributed by atoms with Crippen molar-refractivity contribution in [2.45, 2.75) is 41.0 Å². The van der Waals surface area contributed by atoms with Gasteiger partial charge in [-0.25, -0.2) is 9.55 Å². The smallest absolute Gasteiger partial charge is 0.244 e. The van der Waals surface area contributed by atoms with E-state index >= 15 is 0 Å². The quantitative estimate of drug-likeness (QED) is 0.675. The van der Waals surface area contributed by atoms with E-state index in [2.05, 4.69) is 75.5 Å². The maximum atomic E-state index is 4.88. The number of hydrogen-bond donors (Lipinski definition) is 0. The molecule has 0 saturated carbocycles. The first-order valence-electron chi connectivity index (χ1n) is 8.59. The molecule has 3 aromatic rings. The van der Waals surface area contributed by atoms with E-state index in [1.807, 2.05) is 6.20 Å². The Morgan fingerprint density at radius 1 is 1.08 bits per heavy atom. The van der Waals surface area contributed by atoms with Crippen molar-refractivity contribution in [3.05, 3.63) is 52.8 Å². The van der Waals surface area contributed by atoms with Crippen LogP contribution in [-0.2, 0) is 13.5 Å². The van der Waals surface area contributed by atoms with Gasteiger partial charge in [0, 0.05) is 12.0 Å². The van der Waals surface area contributed by atoms with Crippen LogP contribution >= 0.6 is 0 Å². The van der Waals surface area contributed by atoms with Gasteiger partial charge in [0.2, 0.25) is 0 Å². The summed E-state index contributed by atoms with van der Waals surface area (Å²) in [5.41, 5.74) is 9.25. The predicted molar refractivity (Wildman–Crippen MR) is 98.9 cm³/mol. The second-order valence-corrected chi connectivity index (χ2v) is 7.20. The van der Waals surface area contributed by atoms with Gasteiger partial charge < -0.3 is 0 Å². The lowest BCUT2D eigenvalue weighted by Crippen LogP contribution is -2.34. The molecule has 0 fully saturated rings. The van der Waals surface area contributed by atoms with E-state index in [9.17, 15) is 0 Å². The van der Waals surface area contributed by atoms with Crippen molar-refractivity contribution in [1.29, 1.82) is 0 Å². The van der Waals surface area contributed by atoms with Crippen molar-refractivity contribution >= 4 is 11.2 Å². The zero-order valence-corrected chi connectivity index (χ0v) is 15.5. The Hall–Kier alpha value is -2.29. The summed E-state index contributed by atoms with van der Waals surface area (Å²) in [5, 5.41) is 0. The van der Waals surface area contributed by atoms with Crippen LogP contribution in [0.15, 0.2) is 30.5 Å². The molecule has 0 unspecified atom stereocenters. The maximum absolute atomic E-state index is 4.88. The molecule has 0 spiro atoms. The summed E-state index contributed by atoms with van der Waals surface area (Å²) in [7, 11) is 2.09. The molecule has 3 nitrogen and oxygen atoms in total. The molecule has 124 valence electrons. The van der Waals surface area contributed by atoms with E-state index in [0.29, 0.717) is 5.92 Å². The van der Waals surface area contributed by atoms with Crippen molar-refractivity contribution in [2.75, 3.05) is 0 Å². The van der Waals surface area contributed by atoms with Gasteiger partial charge in [-0.2, -0.15) is 0 Å². The molecule has 2 aromatic heterocycles. The van der Waals surface area contributed by atoms with Crippen LogP contribution in [0.1, 0.15) is 36.2 Å². The minimum Gasteiger partial charge on any atom is -0.244 e. The summed E-state index contributed by atoms with van der Waals surface area (Å²) >= 11 is 0. The van der Waals surface area contributed by atoms with Crippen LogP contribution in [0.3, 0.4) is 0 Å². The van der Waals surface area contributed by atoms with Gasteiger partial charge in [0.25, 0.3) is 0 Å². The number of rotatable bonds is 3. The highest BCUT2D eigenvalue weighted by molar-refractivity contribution is 5.70. The average molecular weight is 320 g/mol. The fourth-order valence-corrected chi connectivity index (χ4v) is 3.25. The summed E-state index contributed by atoms with van der Waals surface area (Å²) in [5.74, 6) is 0.595. The Balaban J connectivity index is 2.21. The fourth-order valence-electron chi connectivity index (χ4n) is 3.25. The Morgan fingerprint density at radius 2 is 1.83 bits per heavy atom. The highest BCUT2D eigenvalue weighted by Gasteiger charge is 2.18. The lowest BCUT2D eigenvalue weighted by Gasteiger charge is -2.11. The van der Waals surface area contributed by atoms with Gasteiger partial charge in [-0.1, -0.05) is 25.5 Å². The van der Waals surface area contributed by atoms with E-state index in [4.69, 9.17) is 4.98 Å². The molecule has 0 aliphatic carbocycles. The van der Waals surface area contributed by atoms with E-state index < -0.39 is 0 Å². The van der Waals surface area contributed by atoms with Crippen LogP contribution in [0.5, 0.6) is 0 Å². The molecule has 0 radical (unpaired) electrons. The monoisotopic (exact) mass is 320 g/mol. The Bertz CT molecular complexity index is 911. The van der Waals surface area contributed by atoms with Gasteiger partial charge in [0.15, 0.2) is 16.9 Å². The van der Waals surface area contributed by atoms with Crippen molar-refractivity contribution in [3.8, 4) is 11.3 Å². The van der Waals surface area contributed by atoms with Crippen molar-refractivity contribution in [3.63, 3.8) is 0 Å². The zero-order valence-electron chi connectivity index (χ0n) is 15.5. The fraction of sp³-hybridized carbons (Fsp3) is 0.381. The molecule has 24 heavy (non-hydrogen) atoms. The number of hydrogen-bond acceptors (Lipinski definition) is 2. The molecule has 0 saturated heterocycles. The van der Waals surface area contributed by atoms with Gasteiger partial charge in [-0.05, 0) is 61.0 Å². The molecular formula is C21H26N3+. The Labute approximate surface area is 144 Å². The number of nitrogens with zero attached hydrogens (tertiary/aromatic N) is 3. The van der Waals surface area contributed by atoms with Crippen molar-refractivity contribution in [1.82, 2.24) is 9.97 Å². The summed E-state index contributed by atoms with van der Waals surface area (Å²) in [6, 6.07) is 8.64. The van der Waals surface area contributed by atoms with Crippen LogP contribution in [0.2, 0.25) is 0 Å². The molecule has 0 amide bonds.